The molecule has 2 aliphatic rings. The number of nitrogens with zero attached hydrogens (tertiary/aromatic N) is 2. The van der Waals surface area contributed by atoms with Gasteiger partial charge >= 0.3 is 0 Å². The largest absolute Gasteiger partial charge is 0.299 e. The Bertz CT molecular complexity index is 1060. The number of hydrogen-bond donors (Lipinski definition) is 0. The Morgan fingerprint density at radius 1 is 0.897 bits per heavy atom. The zero-order chi connectivity index (χ0) is 19.7. The number of fused-ring (bicyclic) bond motifs is 4. The van der Waals surface area contributed by atoms with Crippen molar-refractivity contribution >= 4 is 0 Å². The molecular formula is C26H28N2O. The third kappa shape index (κ3) is 3.33. The molecule has 1 fully saturated rings. The second-order valence-corrected chi connectivity index (χ2v) is 8.73. The van der Waals surface area contributed by atoms with Gasteiger partial charge < -0.3 is 0 Å². The molecule has 3 nitrogen and oxygen atoms in total. The number of benzene rings is 2. The summed E-state index contributed by atoms with van der Waals surface area (Å²) < 4.78 is 1.85. The molecule has 0 radical (unpaired) electrons. The van der Waals surface area contributed by atoms with Crippen LogP contribution in [0, 0.1) is 0 Å². The van der Waals surface area contributed by atoms with E-state index in [0.29, 0.717) is 6.54 Å². The predicted molar refractivity (Wildman–Crippen MR) is 117 cm³/mol. The molecule has 0 unspecified atom stereocenters. The maximum atomic E-state index is 13.8. The highest BCUT2D eigenvalue weighted by Gasteiger charge is 2.42. The number of aromatic nitrogens is 2. The van der Waals surface area contributed by atoms with Gasteiger partial charge in [-0.05, 0) is 36.8 Å². The van der Waals surface area contributed by atoms with E-state index in [4.69, 9.17) is 4.98 Å². The average molecular weight is 385 g/mol. The van der Waals surface area contributed by atoms with Crippen molar-refractivity contribution in [2.75, 3.05) is 0 Å². The first-order chi connectivity index (χ1) is 14.3. The zero-order valence-electron chi connectivity index (χ0n) is 16.9. The highest BCUT2D eigenvalue weighted by molar-refractivity contribution is 5.71. The fourth-order valence-electron chi connectivity index (χ4n) is 5.42. The van der Waals surface area contributed by atoms with E-state index >= 15 is 0 Å². The van der Waals surface area contributed by atoms with Crippen LogP contribution in [-0.2, 0) is 24.8 Å². The maximum absolute atomic E-state index is 13.8. The number of rotatable bonds is 3. The molecule has 3 aromatic rings. The summed E-state index contributed by atoms with van der Waals surface area (Å²) in [5, 5.41) is 0. The van der Waals surface area contributed by atoms with E-state index in [1.54, 1.807) is 6.33 Å². The number of hydrogen-bond acceptors (Lipinski definition) is 2. The number of aryl methyl sites for hydroxylation is 2. The van der Waals surface area contributed by atoms with Gasteiger partial charge in [0.05, 0.1) is 17.6 Å². The van der Waals surface area contributed by atoms with Gasteiger partial charge in [0.25, 0.3) is 5.56 Å². The average Bonchev–Trinajstić information content (AvgIpc) is 2.99. The first-order valence-corrected chi connectivity index (χ1v) is 11.0. The lowest BCUT2D eigenvalue weighted by Gasteiger charge is -2.38. The molecule has 0 amide bonds. The molecule has 2 aliphatic carbocycles. The molecule has 1 heterocycles. The summed E-state index contributed by atoms with van der Waals surface area (Å²) in [6.07, 6.45) is 10.8. The van der Waals surface area contributed by atoms with Gasteiger partial charge in [-0.3, -0.25) is 9.36 Å². The first-order valence-electron chi connectivity index (χ1n) is 11.0. The van der Waals surface area contributed by atoms with Gasteiger partial charge in [0.2, 0.25) is 0 Å². The summed E-state index contributed by atoms with van der Waals surface area (Å²) in [5.74, 6) is 0. The van der Waals surface area contributed by atoms with Crippen LogP contribution in [0.1, 0.15) is 55.2 Å². The van der Waals surface area contributed by atoms with Crippen LogP contribution in [0.3, 0.4) is 0 Å². The van der Waals surface area contributed by atoms with E-state index in [0.717, 1.165) is 42.5 Å². The van der Waals surface area contributed by atoms with Crippen LogP contribution < -0.4 is 5.56 Å². The minimum atomic E-state index is -0.0416. The van der Waals surface area contributed by atoms with Crippen molar-refractivity contribution in [3.05, 3.63) is 88.0 Å². The molecule has 0 aliphatic heterocycles. The van der Waals surface area contributed by atoms with E-state index in [1.165, 1.54) is 36.8 Å². The lowest BCUT2D eigenvalue weighted by Crippen LogP contribution is -2.41. The molecule has 1 spiro atoms. The van der Waals surface area contributed by atoms with E-state index in [9.17, 15) is 4.79 Å². The fourth-order valence-corrected chi connectivity index (χ4v) is 5.42. The third-order valence-electron chi connectivity index (χ3n) is 6.91. The van der Waals surface area contributed by atoms with Gasteiger partial charge in [-0.15, -0.1) is 0 Å². The summed E-state index contributed by atoms with van der Waals surface area (Å²) >= 11 is 0. The van der Waals surface area contributed by atoms with Gasteiger partial charge in [0, 0.05) is 17.5 Å². The summed E-state index contributed by atoms with van der Waals surface area (Å²) in [7, 11) is 0. The van der Waals surface area contributed by atoms with Crippen molar-refractivity contribution in [2.45, 2.75) is 63.3 Å². The van der Waals surface area contributed by atoms with Crippen molar-refractivity contribution in [3.63, 3.8) is 0 Å². The Kier molecular flexibility index (Phi) is 4.83. The smallest absolute Gasteiger partial charge is 0.257 e. The van der Waals surface area contributed by atoms with Crippen molar-refractivity contribution in [1.82, 2.24) is 9.55 Å². The van der Waals surface area contributed by atoms with E-state index in [-0.39, 0.29) is 11.0 Å². The Morgan fingerprint density at radius 2 is 1.62 bits per heavy atom. The molecule has 148 valence electrons. The molecule has 2 aromatic carbocycles. The lowest BCUT2D eigenvalue weighted by atomic mass is 9.65. The van der Waals surface area contributed by atoms with Crippen LogP contribution >= 0.6 is 0 Å². The summed E-state index contributed by atoms with van der Waals surface area (Å²) in [5.41, 5.74) is 5.85. The molecule has 0 atom stereocenters. The summed E-state index contributed by atoms with van der Waals surface area (Å²) in [4.78, 5) is 18.6. The zero-order valence-corrected chi connectivity index (χ0v) is 16.9. The van der Waals surface area contributed by atoms with Gasteiger partial charge in [-0.1, -0.05) is 80.3 Å². The highest BCUT2D eigenvalue weighted by Crippen LogP contribution is 2.47. The molecule has 1 saturated carbocycles. The lowest BCUT2D eigenvalue weighted by molar-refractivity contribution is 0.356. The first kappa shape index (κ1) is 18.4. The van der Waals surface area contributed by atoms with Crippen LogP contribution in [0.4, 0.5) is 0 Å². The standard InChI is InChI=1S/C26H28N2O/c29-25-23-24(27-19-28(25)17-14-20-10-4-3-5-11-20)22-13-7-6-12-21(22)18-26(23)15-8-1-2-9-16-26/h3-7,10-13,19H,1-2,8-9,14-18H2. The quantitative estimate of drug-likeness (QED) is 0.614. The van der Waals surface area contributed by atoms with Gasteiger partial charge in [0.1, 0.15) is 0 Å². The van der Waals surface area contributed by atoms with E-state index in [2.05, 4.69) is 48.5 Å². The Hall–Kier alpha value is -2.68. The molecule has 0 bridgehead atoms. The Labute approximate surface area is 172 Å². The summed E-state index contributed by atoms with van der Waals surface area (Å²) in [6, 6.07) is 18.9. The SMILES string of the molecule is O=c1c2c(ncn1CCc1ccccc1)-c1ccccc1CC21CCCCCC1. The Balaban J connectivity index is 1.60. The molecule has 5 rings (SSSR count). The molecule has 0 saturated heterocycles. The third-order valence-corrected chi connectivity index (χ3v) is 6.91. The van der Waals surface area contributed by atoms with Crippen LogP contribution in [0.25, 0.3) is 11.3 Å². The van der Waals surface area contributed by atoms with Crippen LogP contribution in [0.15, 0.2) is 65.7 Å². The maximum Gasteiger partial charge on any atom is 0.257 e. The van der Waals surface area contributed by atoms with Crippen LogP contribution in [0.5, 0.6) is 0 Å². The van der Waals surface area contributed by atoms with Gasteiger partial charge in [-0.25, -0.2) is 4.98 Å². The van der Waals surface area contributed by atoms with E-state index < -0.39 is 0 Å². The van der Waals surface area contributed by atoms with Crippen LogP contribution in [-0.4, -0.2) is 9.55 Å². The Morgan fingerprint density at radius 3 is 2.41 bits per heavy atom. The minimum Gasteiger partial charge on any atom is -0.299 e. The minimum absolute atomic E-state index is 0.0416. The van der Waals surface area contributed by atoms with Crippen molar-refractivity contribution in [1.29, 1.82) is 0 Å². The van der Waals surface area contributed by atoms with Crippen LogP contribution in [0.2, 0.25) is 0 Å². The highest BCUT2D eigenvalue weighted by atomic mass is 16.1. The fraction of sp³-hybridized carbons (Fsp3) is 0.385. The molecule has 1 aromatic heterocycles. The van der Waals surface area contributed by atoms with Crippen molar-refractivity contribution < 1.29 is 0 Å². The molecule has 29 heavy (non-hydrogen) atoms. The van der Waals surface area contributed by atoms with Gasteiger partial charge in [0.15, 0.2) is 0 Å². The van der Waals surface area contributed by atoms with Gasteiger partial charge in [-0.2, -0.15) is 0 Å². The van der Waals surface area contributed by atoms with Crippen molar-refractivity contribution in [3.8, 4) is 11.3 Å². The monoisotopic (exact) mass is 384 g/mol. The normalized spacial score (nSPS) is 17.4. The topological polar surface area (TPSA) is 34.9 Å². The second kappa shape index (κ2) is 7.62. The van der Waals surface area contributed by atoms with E-state index in [1.807, 2.05) is 10.6 Å². The molecule has 0 N–H and O–H groups in total. The summed E-state index contributed by atoms with van der Waals surface area (Å²) in [6.45, 7) is 0.681. The predicted octanol–water partition coefficient (Wildman–Crippen LogP) is 5.30. The molecular weight excluding hydrogens is 356 g/mol. The van der Waals surface area contributed by atoms with Crippen molar-refractivity contribution in [2.24, 2.45) is 0 Å². The second-order valence-electron chi connectivity index (χ2n) is 8.73. The molecule has 3 heteroatoms.